The maximum atomic E-state index is 13.0. The van der Waals surface area contributed by atoms with Crippen LogP contribution in [0, 0.1) is 11.3 Å². The van der Waals surface area contributed by atoms with Gasteiger partial charge in [0.25, 0.3) is 5.56 Å². The predicted molar refractivity (Wildman–Crippen MR) is 102 cm³/mol. The minimum atomic E-state index is -0.238. The summed E-state index contributed by atoms with van der Waals surface area (Å²) < 4.78 is 1.24. The standard InChI is InChI=1S/C20H19N5O2/c1-12(2)17-18(23-19-14(10-21)11-22-25(19)20(17)27)13-5-3-6-15(9-13)24-8-4-7-16(24)26/h3,5-6,9,11-12,23H,4,7-8H2,1-2H3. The van der Waals surface area contributed by atoms with Crippen molar-refractivity contribution >= 4 is 17.2 Å². The summed E-state index contributed by atoms with van der Waals surface area (Å²) in [6.45, 7) is 4.60. The molecule has 3 aromatic rings. The number of rotatable bonds is 3. The number of fused-ring (bicyclic) bond motifs is 1. The van der Waals surface area contributed by atoms with E-state index in [2.05, 4.69) is 16.2 Å². The number of hydrogen-bond donors (Lipinski definition) is 1. The number of benzene rings is 1. The zero-order chi connectivity index (χ0) is 19.1. The summed E-state index contributed by atoms with van der Waals surface area (Å²) in [5, 5.41) is 13.4. The van der Waals surface area contributed by atoms with Crippen LogP contribution in [0.5, 0.6) is 0 Å². The lowest BCUT2D eigenvalue weighted by Crippen LogP contribution is -2.24. The number of amides is 1. The van der Waals surface area contributed by atoms with Gasteiger partial charge in [-0.2, -0.15) is 14.9 Å². The van der Waals surface area contributed by atoms with E-state index in [0.29, 0.717) is 35.4 Å². The second-order valence-corrected chi connectivity index (χ2v) is 7.00. The van der Waals surface area contributed by atoms with Crippen molar-refractivity contribution in [3.63, 3.8) is 0 Å². The minimum Gasteiger partial charge on any atom is -0.338 e. The second kappa shape index (κ2) is 6.40. The van der Waals surface area contributed by atoms with E-state index in [1.165, 1.54) is 10.7 Å². The molecule has 1 N–H and O–H groups in total. The van der Waals surface area contributed by atoms with E-state index in [9.17, 15) is 14.9 Å². The molecule has 1 aliphatic heterocycles. The van der Waals surface area contributed by atoms with Gasteiger partial charge in [0.2, 0.25) is 5.91 Å². The number of nitrogens with zero attached hydrogens (tertiary/aromatic N) is 4. The van der Waals surface area contributed by atoms with Crippen LogP contribution in [0.15, 0.2) is 35.3 Å². The molecule has 0 spiro atoms. The van der Waals surface area contributed by atoms with Crippen molar-refractivity contribution in [3.8, 4) is 17.3 Å². The van der Waals surface area contributed by atoms with E-state index in [-0.39, 0.29) is 17.4 Å². The van der Waals surface area contributed by atoms with Gasteiger partial charge in [0.15, 0.2) is 5.65 Å². The van der Waals surface area contributed by atoms with E-state index in [1.54, 1.807) is 4.90 Å². The summed E-state index contributed by atoms with van der Waals surface area (Å²) in [6, 6.07) is 9.66. The molecule has 7 nitrogen and oxygen atoms in total. The number of H-pyrrole nitrogens is 1. The Kier molecular flexibility index (Phi) is 4.04. The lowest BCUT2D eigenvalue weighted by molar-refractivity contribution is -0.117. The number of anilines is 1. The van der Waals surface area contributed by atoms with E-state index in [0.717, 1.165) is 17.7 Å². The Hall–Kier alpha value is -3.40. The highest BCUT2D eigenvalue weighted by Crippen LogP contribution is 2.30. The first kappa shape index (κ1) is 17.0. The average Bonchev–Trinajstić information content (AvgIpc) is 3.27. The lowest BCUT2D eigenvalue weighted by atomic mass is 9.98. The second-order valence-electron chi connectivity index (χ2n) is 7.00. The highest BCUT2D eigenvalue weighted by Gasteiger charge is 2.23. The monoisotopic (exact) mass is 361 g/mol. The molecule has 0 aliphatic carbocycles. The Labute approximate surface area is 155 Å². The third kappa shape index (κ3) is 2.70. The molecule has 7 heteroatoms. The summed E-state index contributed by atoms with van der Waals surface area (Å²) in [5.74, 6) is 0.0719. The van der Waals surface area contributed by atoms with Gasteiger partial charge >= 0.3 is 0 Å². The molecule has 1 fully saturated rings. The molecule has 0 saturated carbocycles. The normalized spacial score (nSPS) is 14.3. The molecule has 1 aromatic carbocycles. The SMILES string of the molecule is CC(C)c1c(-c2cccc(N3CCCC3=O)c2)[nH]c2c(C#N)cnn2c1=O. The van der Waals surface area contributed by atoms with Gasteiger partial charge in [-0.1, -0.05) is 26.0 Å². The number of carbonyl (C=O) groups is 1. The van der Waals surface area contributed by atoms with Crippen LogP contribution in [0.1, 0.15) is 43.7 Å². The predicted octanol–water partition coefficient (Wildman–Crippen LogP) is 2.81. The van der Waals surface area contributed by atoms with Crippen molar-refractivity contribution in [2.45, 2.75) is 32.6 Å². The Bertz CT molecular complexity index is 1150. The van der Waals surface area contributed by atoms with Gasteiger partial charge < -0.3 is 9.88 Å². The Morgan fingerprint density at radius 2 is 2.11 bits per heavy atom. The topological polar surface area (TPSA) is 94.3 Å². The zero-order valence-corrected chi connectivity index (χ0v) is 15.2. The first-order valence-corrected chi connectivity index (χ1v) is 8.96. The molecule has 0 bridgehead atoms. The van der Waals surface area contributed by atoms with Crippen molar-refractivity contribution in [3.05, 3.63) is 51.9 Å². The van der Waals surface area contributed by atoms with Gasteiger partial charge in [-0.05, 0) is 24.5 Å². The fourth-order valence-corrected chi connectivity index (χ4v) is 3.63. The van der Waals surface area contributed by atoms with Crippen LogP contribution < -0.4 is 10.5 Å². The molecule has 2 aromatic heterocycles. The van der Waals surface area contributed by atoms with Crippen molar-refractivity contribution in [1.29, 1.82) is 5.26 Å². The molecule has 4 rings (SSSR count). The summed E-state index contributed by atoms with van der Waals surface area (Å²) in [6.07, 6.45) is 2.80. The molecule has 136 valence electrons. The Morgan fingerprint density at radius 3 is 2.78 bits per heavy atom. The number of nitriles is 1. The van der Waals surface area contributed by atoms with Gasteiger partial charge in [0, 0.05) is 29.8 Å². The van der Waals surface area contributed by atoms with Gasteiger partial charge in [-0.25, -0.2) is 0 Å². The summed E-state index contributed by atoms with van der Waals surface area (Å²) >= 11 is 0. The number of aromatic nitrogens is 3. The van der Waals surface area contributed by atoms with Crippen LogP contribution in [-0.2, 0) is 4.79 Å². The third-order valence-corrected chi connectivity index (χ3v) is 4.92. The van der Waals surface area contributed by atoms with Crippen LogP contribution in [0.3, 0.4) is 0 Å². The quantitative estimate of drug-likeness (QED) is 0.776. The Morgan fingerprint density at radius 1 is 1.30 bits per heavy atom. The molecule has 0 atom stereocenters. The summed E-state index contributed by atoms with van der Waals surface area (Å²) in [5.41, 5.74) is 3.34. The molecular formula is C20H19N5O2. The minimum absolute atomic E-state index is 0.0417. The number of carbonyl (C=O) groups excluding carboxylic acids is 1. The van der Waals surface area contributed by atoms with Gasteiger partial charge in [0.1, 0.15) is 11.6 Å². The molecule has 3 heterocycles. The summed E-state index contributed by atoms with van der Waals surface area (Å²) in [7, 11) is 0. The van der Waals surface area contributed by atoms with Gasteiger partial charge in [0.05, 0.1) is 11.9 Å². The molecular weight excluding hydrogens is 342 g/mol. The maximum Gasteiger partial charge on any atom is 0.278 e. The number of aromatic amines is 1. The zero-order valence-electron chi connectivity index (χ0n) is 15.2. The van der Waals surface area contributed by atoms with Gasteiger partial charge in [-0.3, -0.25) is 9.59 Å². The van der Waals surface area contributed by atoms with Crippen LogP contribution in [0.4, 0.5) is 5.69 Å². The molecule has 0 radical (unpaired) electrons. The van der Waals surface area contributed by atoms with E-state index in [1.807, 2.05) is 38.1 Å². The molecule has 27 heavy (non-hydrogen) atoms. The molecule has 1 aliphatic rings. The van der Waals surface area contributed by atoms with Crippen molar-refractivity contribution in [2.24, 2.45) is 0 Å². The largest absolute Gasteiger partial charge is 0.338 e. The fraction of sp³-hybridized carbons (Fsp3) is 0.300. The first-order chi connectivity index (χ1) is 13.0. The van der Waals surface area contributed by atoms with E-state index in [4.69, 9.17) is 0 Å². The average molecular weight is 361 g/mol. The van der Waals surface area contributed by atoms with Crippen molar-refractivity contribution < 1.29 is 4.79 Å². The highest BCUT2D eigenvalue weighted by molar-refractivity contribution is 5.96. The van der Waals surface area contributed by atoms with Crippen LogP contribution in [0.2, 0.25) is 0 Å². The number of nitrogens with one attached hydrogen (secondary N) is 1. The van der Waals surface area contributed by atoms with Crippen molar-refractivity contribution in [1.82, 2.24) is 14.6 Å². The number of hydrogen-bond acceptors (Lipinski definition) is 4. The third-order valence-electron chi connectivity index (χ3n) is 4.92. The molecule has 1 amide bonds. The van der Waals surface area contributed by atoms with E-state index < -0.39 is 0 Å². The fourth-order valence-electron chi connectivity index (χ4n) is 3.63. The Balaban J connectivity index is 1.96. The van der Waals surface area contributed by atoms with E-state index >= 15 is 0 Å². The highest BCUT2D eigenvalue weighted by atomic mass is 16.2. The lowest BCUT2D eigenvalue weighted by Gasteiger charge is -2.18. The first-order valence-electron chi connectivity index (χ1n) is 8.96. The van der Waals surface area contributed by atoms with Crippen LogP contribution in [0.25, 0.3) is 16.9 Å². The van der Waals surface area contributed by atoms with Crippen LogP contribution in [-0.4, -0.2) is 27.0 Å². The molecule has 1 saturated heterocycles. The molecule has 0 unspecified atom stereocenters. The van der Waals surface area contributed by atoms with Crippen LogP contribution >= 0.6 is 0 Å². The van der Waals surface area contributed by atoms with Crippen molar-refractivity contribution in [2.75, 3.05) is 11.4 Å². The maximum absolute atomic E-state index is 13.0. The smallest absolute Gasteiger partial charge is 0.278 e. The van der Waals surface area contributed by atoms with Gasteiger partial charge in [-0.15, -0.1) is 0 Å². The summed E-state index contributed by atoms with van der Waals surface area (Å²) in [4.78, 5) is 30.1.